The summed E-state index contributed by atoms with van der Waals surface area (Å²) < 4.78 is 25.8. The monoisotopic (exact) mass is 486 g/mol. The molecule has 2 aromatic carbocycles. The zero-order chi connectivity index (χ0) is 23.6. The molecule has 1 saturated heterocycles. The molecule has 0 radical (unpaired) electrons. The summed E-state index contributed by atoms with van der Waals surface area (Å²) in [5.41, 5.74) is 3.80. The predicted octanol–water partition coefficient (Wildman–Crippen LogP) is 3.26. The normalized spacial score (nSPS) is 15.2. The van der Waals surface area contributed by atoms with Crippen molar-refractivity contribution in [3.05, 3.63) is 53.1 Å². The van der Waals surface area contributed by atoms with Crippen molar-refractivity contribution < 1.29 is 13.2 Å². The number of hydrogen-bond acceptors (Lipinski definition) is 7. The molecule has 0 unspecified atom stereocenters. The lowest BCUT2D eigenvalue weighted by atomic mass is 10.1. The van der Waals surface area contributed by atoms with Crippen LogP contribution in [0.3, 0.4) is 0 Å². The van der Waals surface area contributed by atoms with Crippen LogP contribution in [-0.2, 0) is 9.84 Å². The fourth-order valence-corrected chi connectivity index (χ4v) is 6.33. The van der Waals surface area contributed by atoms with Crippen molar-refractivity contribution in [2.24, 2.45) is 0 Å². The average Bonchev–Trinajstić information content (AvgIpc) is 3.24. The van der Waals surface area contributed by atoms with Crippen molar-refractivity contribution in [1.29, 1.82) is 0 Å². The van der Waals surface area contributed by atoms with Crippen LogP contribution in [-0.4, -0.2) is 69.2 Å². The summed E-state index contributed by atoms with van der Waals surface area (Å²) in [5, 5.41) is 3.96. The number of fused-ring (bicyclic) bond motifs is 1. The van der Waals surface area contributed by atoms with Crippen LogP contribution in [0, 0.1) is 13.8 Å². The van der Waals surface area contributed by atoms with Crippen LogP contribution >= 0.6 is 11.3 Å². The summed E-state index contributed by atoms with van der Waals surface area (Å²) in [6.07, 6.45) is 0. The lowest BCUT2D eigenvalue weighted by Crippen LogP contribution is -2.48. The highest BCUT2D eigenvalue weighted by Gasteiger charge is 2.22. The first-order chi connectivity index (χ1) is 15.8. The number of anilines is 1. The van der Waals surface area contributed by atoms with Gasteiger partial charge in [-0.25, -0.2) is 13.4 Å². The van der Waals surface area contributed by atoms with E-state index in [4.69, 9.17) is 4.98 Å². The highest BCUT2D eigenvalue weighted by molar-refractivity contribution is 7.91. The fraction of sp³-hybridized carbons (Fsp3) is 0.417. The number of aryl methyl sites for hydroxylation is 2. The van der Waals surface area contributed by atoms with Gasteiger partial charge in [0.15, 0.2) is 15.0 Å². The Morgan fingerprint density at radius 3 is 2.58 bits per heavy atom. The van der Waals surface area contributed by atoms with E-state index in [-0.39, 0.29) is 22.1 Å². The summed E-state index contributed by atoms with van der Waals surface area (Å²) in [5.74, 6) is -0.378. The standard InChI is InChI=1S/C24H30N4O3S2/c1-4-33(30,31)21-8-6-5-7-19(21)23(29)25-9-10-27-11-13-28(14-12-27)24-26-20-16-17(2)15-18(3)22(20)32-24/h5-8,15-16H,4,9-14H2,1-3H3,(H,25,29). The Morgan fingerprint density at radius 2 is 1.85 bits per heavy atom. The summed E-state index contributed by atoms with van der Waals surface area (Å²) >= 11 is 1.76. The van der Waals surface area contributed by atoms with Gasteiger partial charge >= 0.3 is 0 Å². The minimum Gasteiger partial charge on any atom is -0.351 e. The number of thiazole rings is 1. The number of carbonyl (C=O) groups excluding carboxylic acids is 1. The van der Waals surface area contributed by atoms with Gasteiger partial charge in [-0.3, -0.25) is 9.69 Å². The third-order valence-corrected chi connectivity index (χ3v) is 9.07. The van der Waals surface area contributed by atoms with Crippen molar-refractivity contribution >= 4 is 42.4 Å². The second-order valence-corrected chi connectivity index (χ2v) is 11.6. The van der Waals surface area contributed by atoms with Crippen molar-refractivity contribution in [2.45, 2.75) is 25.7 Å². The first-order valence-corrected chi connectivity index (χ1v) is 13.7. The molecule has 0 atom stereocenters. The first-order valence-electron chi connectivity index (χ1n) is 11.2. The molecule has 0 spiro atoms. The van der Waals surface area contributed by atoms with Gasteiger partial charge in [-0.15, -0.1) is 0 Å². The number of hydrogen-bond donors (Lipinski definition) is 1. The van der Waals surface area contributed by atoms with Gasteiger partial charge < -0.3 is 10.2 Å². The number of piperazine rings is 1. The van der Waals surface area contributed by atoms with Gasteiger partial charge in [0.1, 0.15) is 0 Å². The maximum Gasteiger partial charge on any atom is 0.252 e. The number of rotatable bonds is 7. The second kappa shape index (κ2) is 9.79. The van der Waals surface area contributed by atoms with Gasteiger partial charge in [0.25, 0.3) is 5.91 Å². The molecule has 176 valence electrons. The summed E-state index contributed by atoms with van der Waals surface area (Å²) in [6, 6.07) is 10.7. The van der Waals surface area contributed by atoms with E-state index in [9.17, 15) is 13.2 Å². The molecule has 0 bridgehead atoms. The van der Waals surface area contributed by atoms with E-state index in [1.807, 2.05) is 0 Å². The molecule has 1 amide bonds. The minimum absolute atomic E-state index is 0.0323. The molecule has 0 saturated carbocycles. The topological polar surface area (TPSA) is 82.6 Å². The van der Waals surface area contributed by atoms with Gasteiger partial charge in [0.05, 0.1) is 26.4 Å². The van der Waals surface area contributed by atoms with E-state index in [1.54, 1.807) is 36.5 Å². The van der Waals surface area contributed by atoms with E-state index in [0.717, 1.165) is 43.4 Å². The van der Waals surface area contributed by atoms with E-state index in [2.05, 4.69) is 41.1 Å². The summed E-state index contributed by atoms with van der Waals surface area (Å²) in [4.78, 5) is 22.2. The molecule has 1 N–H and O–H groups in total. The Balaban J connectivity index is 1.30. The number of sulfone groups is 1. The van der Waals surface area contributed by atoms with Crippen LogP contribution in [0.1, 0.15) is 28.4 Å². The maximum absolute atomic E-state index is 12.6. The highest BCUT2D eigenvalue weighted by atomic mass is 32.2. The largest absolute Gasteiger partial charge is 0.351 e. The Bertz CT molecular complexity index is 1260. The number of carbonyl (C=O) groups is 1. The molecule has 1 aliphatic heterocycles. The van der Waals surface area contributed by atoms with Gasteiger partial charge in [0, 0.05) is 39.3 Å². The zero-order valence-corrected chi connectivity index (χ0v) is 20.9. The number of nitrogens with zero attached hydrogens (tertiary/aromatic N) is 3. The molecule has 3 aromatic rings. The number of benzene rings is 2. The molecule has 33 heavy (non-hydrogen) atoms. The van der Waals surface area contributed by atoms with Crippen molar-refractivity contribution in [1.82, 2.24) is 15.2 Å². The molecular formula is C24H30N4O3S2. The molecule has 0 aliphatic carbocycles. The highest BCUT2D eigenvalue weighted by Crippen LogP contribution is 2.32. The Hall–Kier alpha value is -2.49. The SMILES string of the molecule is CCS(=O)(=O)c1ccccc1C(=O)NCCN1CCN(c2nc3cc(C)cc(C)c3s2)CC1. The number of amides is 1. The Kier molecular flexibility index (Phi) is 7.02. The third-order valence-electron chi connectivity index (χ3n) is 6.01. The molecule has 1 aromatic heterocycles. The number of nitrogens with one attached hydrogen (secondary N) is 1. The third kappa shape index (κ3) is 5.20. The fourth-order valence-electron chi connectivity index (χ4n) is 4.17. The lowest BCUT2D eigenvalue weighted by Gasteiger charge is -2.34. The zero-order valence-electron chi connectivity index (χ0n) is 19.3. The molecule has 1 aliphatic rings. The maximum atomic E-state index is 12.6. The van der Waals surface area contributed by atoms with Crippen molar-refractivity contribution in [2.75, 3.05) is 49.9 Å². The number of aromatic nitrogens is 1. The molecule has 4 rings (SSSR count). The lowest BCUT2D eigenvalue weighted by molar-refractivity contribution is 0.0944. The van der Waals surface area contributed by atoms with E-state index >= 15 is 0 Å². The van der Waals surface area contributed by atoms with Crippen LogP contribution in [0.2, 0.25) is 0 Å². The van der Waals surface area contributed by atoms with Gasteiger partial charge in [-0.05, 0) is 43.2 Å². The van der Waals surface area contributed by atoms with Crippen molar-refractivity contribution in [3.8, 4) is 0 Å². The van der Waals surface area contributed by atoms with Crippen molar-refractivity contribution in [3.63, 3.8) is 0 Å². The van der Waals surface area contributed by atoms with E-state index in [1.165, 1.54) is 21.9 Å². The quantitative estimate of drug-likeness (QED) is 0.552. The van der Waals surface area contributed by atoms with Gasteiger partial charge in [-0.1, -0.05) is 36.5 Å². The van der Waals surface area contributed by atoms with E-state index in [0.29, 0.717) is 6.54 Å². The van der Waals surface area contributed by atoms with E-state index < -0.39 is 9.84 Å². The molecule has 2 heterocycles. The molecular weight excluding hydrogens is 456 g/mol. The van der Waals surface area contributed by atoms with Crippen LogP contribution in [0.4, 0.5) is 5.13 Å². The second-order valence-electron chi connectivity index (χ2n) is 8.41. The molecule has 7 nitrogen and oxygen atoms in total. The first kappa shape index (κ1) is 23.7. The smallest absolute Gasteiger partial charge is 0.252 e. The van der Waals surface area contributed by atoms with Gasteiger partial charge in [0.2, 0.25) is 0 Å². The van der Waals surface area contributed by atoms with Crippen LogP contribution in [0.15, 0.2) is 41.3 Å². The van der Waals surface area contributed by atoms with Gasteiger partial charge in [-0.2, -0.15) is 0 Å². The molecule has 9 heteroatoms. The van der Waals surface area contributed by atoms with Crippen LogP contribution in [0.5, 0.6) is 0 Å². The van der Waals surface area contributed by atoms with Crippen LogP contribution < -0.4 is 10.2 Å². The molecule has 1 fully saturated rings. The minimum atomic E-state index is -3.45. The Labute approximate surface area is 199 Å². The summed E-state index contributed by atoms with van der Waals surface area (Å²) in [7, 11) is -3.45. The summed E-state index contributed by atoms with van der Waals surface area (Å²) in [6.45, 7) is 10.6. The average molecular weight is 487 g/mol. The van der Waals surface area contributed by atoms with Crippen LogP contribution in [0.25, 0.3) is 10.2 Å². The Morgan fingerprint density at radius 1 is 1.12 bits per heavy atom. The predicted molar refractivity (Wildman–Crippen MR) is 134 cm³/mol.